The van der Waals surface area contributed by atoms with Crippen molar-refractivity contribution >= 4 is 17.2 Å². The Morgan fingerprint density at radius 2 is 0.327 bits per heavy atom. The van der Waals surface area contributed by atoms with Crippen molar-refractivity contribution in [2.45, 2.75) is 296 Å². The van der Waals surface area contributed by atoms with Gasteiger partial charge >= 0.3 is 114 Å². The third kappa shape index (κ3) is 50.7. The molecule has 0 N–H and O–H groups in total. The zero-order valence-corrected chi connectivity index (χ0v) is 39.0. The van der Waals surface area contributed by atoms with E-state index in [0.717, 1.165) is 0 Å². The van der Waals surface area contributed by atoms with Crippen LogP contribution in [0.25, 0.3) is 0 Å². The Hall–Kier alpha value is 0.720. The molecule has 0 radical (unpaired) electrons. The SMILES string of the molecule is CCCCCCCCCCCCCCCCCCCCCCCCCCCCCCCCCCCCCCCCCCCCCCCP(C)(C)(C)Cl. The van der Waals surface area contributed by atoms with Gasteiger partial charge in [0.2, 0.25) is 0 Å². The van der Waals surface area contributed by atoms with Gasteiger partial charge in [0.05, 0.1) is 0 Å². The van der Waals surface area contributed by atoms with Gasteiger partial charge in [0.1, 0.15) is 0 Å². The monoisotopic (exact) mass is 771 g/mol. The number of hydrogen-bond acceptors (Lipinski definition) is 0. The fraction of sp³-hybridized carbons (Fsp3) is 1.00. The second kappa shape index (κ2) is 41.4. The Kier molecular flexibility index (Phi) is 41.9. The molecule has 0 amide bonds. The predicted molar refractivity (Wildman–Crippen MR) is 249 cm³/mol. The van der Waals surface area contributed by atoms with Crippen molar-refractivity contribution < 1.29 is 0 Å². The van der Waals surface area contributed by atoms with Gasteiger partial charge in [-0.05, 0) is 0 Å². The van der Waals surface area contributed by atoms with Crippen LogP contribution in [0.15, 0.2) is 0 Å². The third-order valence-electron chi connectivity index (χ3n) is 12.0. The summed E-state index contributed by atoms with van der Waals surface area (Å²) in [4.78, 5) is 0. The Bertz CT molecular complexity index is 641. The molecule has 0 spiro atoms. The molecule has 0 fully saturated rings. The Morgan fingerprint density at radius 3 is 0.442 bits per heavy atom. The molecule has 0 aromatic carbocycles. The Labute approximate surface area is 337 Å². The Morgan fingerprint density at radius 1 is 0.212 bits per heavy atom. The van der Waals surface area contributed by atoms with E-state index in [2.05, 4.69) is 26.9 Å². The van der Waals surface area contributed by atoms with Gasteiger partial charge in [0.15, 0.2) is 0 Å². The molecule has 0 aliphatic carbocycles. The van der Waals surface area contributed by atoms with E-state index in [9.17, 15) is 0 Å². The normalized spacial score (nSPS) is 12.8. The van der Waals surface area contributed by atoms with Crippen LogP contribution in [0.1, 0.15) is 296 Å². The Balaban J connectivity index is 3.08. The summed E-state index contributed by atoms with van der Waals surface area (Å²) in [5.74, 6) is -1.77. The van der Waals surface area contributed by atoms with E-state index in [-0.39, 0.29) is 0 Å². The molecule has 52 heavy (non-hydrogen) atoms. The summed E-state index contributed by atoms with van der Waals surface area (Å²) in [6, 6.07) is 0. The fourth-order valence-corrected chi connectivity index (χ4v) is 9.97. The van der Waals surface area contributed by atoms with Crippen molar-refractivity contribution in [3.63, 3.8) is 0 Å². The number of rotatable bonds is 46. The predicted octanol–water partition coefficient (Wildman–Crippen LogP) is 20.2. The van der Waals surface area contributed by atoms with E-state index in [1.807, 2.05) is 0 Å². The van der Waals surface area contributed by atoms with Crippen LogP contribution in [0, 0.1) is 0 Å². The van der Waals surface area contributed by atoms with Gasteiger partial charge in [-0.3, -0.25) is 0 Å². The standard InChI is InChI=1S/C50H104ClP/c1-5-6-7-8-9-10-11-12-13-14-15-16-17-18-19-20-21-22-23-24-25-26-27-28-29-30-31-32-33-34-35-36-37-38-39-40-41-42-43-44-45-46-47-48-49-50-52(2,3,4)51/h5-50H2,1-4H3. The molecule has 0 rings (SSSR count). The van der Waals surface area contributed by atoms with Crippen LogP contribution in [0.2, 0.25) is 0 Å². The molecule has 0 unspecified atom stereocenters. The van der Waals surface area contributed by atoms with Gasteiger partial charge in [0.25, 0.3) is 0 Å². The van der Waals surface area contributed by atoms with Gasteiger partial charge in [-0.2, -0.15) is 0 Å². The average molecular weight is 772 g/mol. The molecule has 0 heterocycles. The van der Waals surface area contributed by atoms with E-state index in [4.69, 9.17) is 11.2 Å². The first kappa shape index (κ1) is 52.7. The van der Waals surface area contributed by atoms with E-state index < -0.39 is 5.96 Å². The second-order valence-electron chi connectivity index (χ2n) is 19.2. The molecule has 0 aromatic rings. The van der Waals surface area contributed by atoms with Crippen molar-refractivity contribution in [1.29, 1.82) is 0 Å². The number of hydrogen-bond donors (Lipinski definition) is 0. The average Bonchev–Trinajstić information content (AvgIpc) is 3.11. The first-order valence-corrected chi connectivity index (χ1v) is 29.7. The number of unbranched alkanes of at least 4 members (excludes halogenated alkanes) is 44. The van der Waals surface area contributed by atoms with Crippen LogP contribution < -0.4 is 0 Å². The zero-order valence-electron chi connectivity index (χ0n) is 37.4. The molecule has 0 aliphatic rings. The summed E-state index contributed by atoms with van der Waals surface area (Å²) in [7, 11) is 0. The molecule has 0 aromatic heterocycles. The van der Waals surface area contributed by atoms with Crippen LogP contribution in [0.3, 0.4) is 0 Å². The van der Waals surface area contributed by atoms with Crippen molar-refractivity contribution in [3.8, 4) is 0 Å². The van der Waals surface area contributed by atoms with Gasteiger partial charge in [-0.1, -0.05) is 225 Å². The van der Waals surface area contributed by atoms with Gasteiger partial charge in [-0.25, -0.2) is 0 Å². The third-order valence-corrected chi connectivity index (χ3v) is 14.4. The van der Waals surface area contributed by atoms with Crippen LogP contribution >= 0.6 is 17.2 Å². The molecule has 316 valence electrons. The first-order chi connectivity index (χ1) is 25.3. The summed E-state index contributed by atoms with van der Waals surface area (Å²) in [5, 5.41) is 0. The van der Waals surface area contributed by atoms with Crippen LogP contribution in [-0.2, 0) is 0 Å². The van der Waals surface area contributed by atoms with Crippen molar-refractivity contribution in [3.05, 3.63) is 0 Å². The molecule has 0 bridgehead atoms. The summed E-state index contributed by atoms with van der Waals surface area (Å²) < 4.78 is 0. The molecule has 0 saturated carbocycles. The minimum absolute atomic E-state index is 1.26. The number of halogens is 1. The first-order valence-electron chi connectivity index (χ1n) is 25.0. The molecule has 2 heteroatoms. The van der Waals surface area contributed by atoms with Gasteiger partial charge in [0, 0.05) is 0 Å². The summed E-state index contributed by atoms with van der Waals surface area (Å²) >= 11 is 6.66. The topological polar surface area (TPSA) is 0 Å². The molecular weight excluding hydrogens is 667 g/mol. The maximum atomic E-state index is 6.66. The fourth-order valence-electron chi connectivity index (χ4n) is 8.32. The maximum absolute atomic E-state index is 6.66. The minimum atomic E-state index is -1.77. The van der Waals surface area contributed by atoms with Crippen LogP contribution in [0.4, 0.5) is 0 Å². The van der Waals surface area contributed by atoms with E-state index >= 15 is 0 Å². The summed E-state index contributed by atoms with van der Waals surface area (Å²) in [6.45, 7) is 9.19. The molecule has 0 saturated heterocycles. The van der Waals surface area contributed by atoms with E-state index in [1.165, 1.54) is 295 Å². The molecular formula is C50H104ClP. The van der Waals surface area contributed by atoms with Gasteiger partial charge in [-0.15, -0.1) is 0 Å². The second-order valence-corrected chi connectivity index (χ2v) is 29.2. The van der Waals surface area contributed by atoms with Crippen molar-refractivity contribution in [2.24, 2.45) is 0 Å². The summed E-state index contributed by atoms with van der Waals surface area (Å²) in [5.41, 5.74) is 0. The molecule has 0 nitrogen and oxygen atoms in total. The zero-order chi connectivity index (χ0) is 38.0. The van der Waals surface area contributed by atoms with Crippen LogP contribution in [-0.4, -0.2) is 26.2 Å². The quantitative estimate of drug-likeness (QED) is 0.0427. The van der Waals surface area contributed by atoms with E-state index in [1.54, 1.807) is 0 Å². The van der Waals surface area contributed by atoms with Crippen molar-refractivity contribution in [2.75, 3.05) is 26.2 Å². The summed E-state index contributed by atoms with van der Waals surface area (Å²) in [6.07, 6.45) is 67.7. The van der Waals surface area contributed by atoms with Crippen LogP contribution in [0.5, 0.6) is 0 Å². The van der Waals surface area contributed by atoms with E-state index in [0.29, 0.717) is 0 Å². The molecule has 0 aliphatic heterocycles. The van der Waals surface area contributed by atoms with Crippen molar-refractivity contribution in [1.82, 2.24) is 0 Å². The van der Waals surface area contributed by atoms with Gasteiger partial charge < -0.3 is 0 Å². The molecule has 0 atom stereocenters.